The van der Waals surface area contributed by atoms with Crippen LogP contribution in [0.3, 0.4) is 0 Å². The van der Waals surface area contributed by atoms with Gasteiger partial charge in [0.15, 0.2) is 5.78 Å². The highest BCUT2D eigenvalue weighted by Gasteiger charge is 2.28. The summed E-state index contributed by atoms with van der Waals surface area (Å²) >= 11 is 0. The first kappa shape index (κ1) is 11.1. The first-order valence-corrected chi connectivity index (χ1v) is 3.85. The minimum Gasteiger partial charge on any atom is -0.463 e. The van der Waals surface area contributed by atoms with Crippen molar-refractivity contribution in [1.29, 1.82) is 0 Å². The van der Waals surface area contributed by atoms with Crippen LogP contribution >= 0.6 is 0 Å². The van der Waals surface area contributed by atoms with Gasteiger partial charge in [-0.3, -0.25) is 4.79 Å². The van der Waals surface area contributed by atoms with Gasteiger partial charge in [-0.2, -0.15) is 0 Å². The average molecular weight is 176 g/mol. The zero-order chi connectivity index (χ0) is 9.72. The summed E-state index contributed by atoms with van der Waals surface area (Å²) in [7, 11) is 0. The Morgan fingerprint density at radius 1 is 1.42 bits per heavy atom. The Balaban J connectivity index is 4.10. The highest BCUT2D eigenvalue weighted by molar-refractivity contribution is 6.02. The molecule has 4 heteroatoms. The maximum Gasteiger partial charge on any atom is 0.348 e. The lowest BCUT2D eigenvalue weighted by Gasteiger charge is -2.08. The lowest BCUT2D eigenvalue weighted by molar-refractivity contribution is -0.153. The molecule has 0 radical (unpaired) electrons. The Morgan fingerprint density at radius 2 is 1.92 bits per heavy atom. The van der Waals surface area contributed by atoms with E-state index in [0.717, 1.165) is 0 Å². The summed E-state index contributed by atoms with van der Waals surface area (Å²) < 4.78 is 17.1. The van der Waals surface area contributed by atoms with Crippen molar-refractivity contribution >= 4 is 11.8 Å². The molecule has 0 spiro atoms. The number of halogens is 1. The molecule has 0 bridgehead atoms. The van der Waals surface area contributed by atoms with Gasteiger partial charge < -0.3 is 4.74 Å². The summed E-state index contributed by atoms with van der Waals surface area (Å²) in [5.41, 5.74) is 0. The Kier molecular flexibility index (Phi) is 4.47. The molecule has 0 saturated heterocycles. The molecule has 0 aliphatic heterocycles. The number of carbonyl (C=O) groups excluding carboxylic acids is 2. The van der Waals surface area contributed by atoms with Crippen molar-refractivity contribution in [2.45, 2.75) is 26.9 Å². The fourth-order valence-electron chi connectivity index (χ4n) is 0.624. The number of carbonyl (C=O) groups is 2. The molecule has 0 heterocycles. The third kappa shape index (κ3) is 2.98. The quantitative estimate of drug-likeness (QED) is 0.476. The molecule has 0 aliphatic rings. The molecule has 0 N–H and O–H groups in total. The van der Waals surface area contributed by atoms with Gasteiger partial charge in [0.2, 0.25) is 0 Å². The van der Waals surface area contributed by atoms with Gasteiger partial charge in [0.25, 0.3) is 6.17 Å². The molecule has 12 heavy (non-hydrogen) atoms. The van der Waals surface area contributed by atoms with Crippen LogP contribution in [0.4, 0.5) is 4.39 Å². The molecule has 0 amide bonds. The van der Waals surface area contributed by atoms with Crippen molar-refractivity contribution in [3.8, 4) is 0 Å². The molecule has 0 aromatic heterocycles. The van der Waals surface area contributed by atoms with Gasteiger partial charge in [0.1, 0.15) is 0 Å². The van der Waals surface area contributed by atoms with Crippen LogP contribution in [-0.2, 0) is 14.3 Å². The van der Waals surface area contributed by atoms with Gasteiger partial charge >= 0.3 is 5.97 Å². The number of esters is 1. The van der Waals surface area contributed by atoms with Gasteiger partial charge in [-0.25, -0.2) is 9.18 Å². The van der Waals surface area contributed by atoms with E-state index in [9.17, 15) is 14.0 Å². The summed E-state index contributed by atoms with van der Waals surface area (Å²) in [6.45, 7) is 4.72. The number of alkyl halides is 1. The topological polar surface area (TPSA) is 43.4 Å². The molecule has 3 nitrogen and oxygen atoms in total. The number of ether oxygens (including phenoxy) is 1. The van der Waals surface area contributed by atoms with Gasteiger partial charge in [0.05, 0.1) is 6.61 Å². The molecular weight excluding hydrogens is 163 g/mol. The zero-order valence-corrected chi connectivity index (χ0v) is 7.46. The molecule has 1 atom stereocenters. The fourth-order valence-corrected chi connectivity index (χ4v) is 0.624. The molecule has 70 valence electrons. The maximum atomic E-state index is 12.8. The van der Waals surface area contributed by atoms with Crippen LogP contribution in [0.15, 0.2) is 0 Å². The number of ketones is 1. The average Bonchev–Trinajstić information content (AvgIpc) is 2.02. The minimum absolute atomic E-state index is 0.0879. The van der Waals surface area contributed by atoms with E-state index in [0.29, 0.717) is 0 Å². The predicted octanol–water partition coefficient (Wildman–Crippen LogP) is 1.11. The molecule has 0 fully saturated rings. The molecule has 0 rings (SSSR count). The van der Waals surface area contributed by atoms with E-state index >= 15 is 0 Å². The number of hydrogen-bond donors (Lipinski definition) is 0. The van der Waals surface area contributed by atoms with Crippen LogP contribution in [0.1, 0.15) is 20.8 Å². The van der Waals surface area contributed by atoms with Crippen LogP contribution in [0, 0.1) is 5.92 Å². The van der Waals surface area contributed by atoms with Crippen molar-refractivity contribution in [3.05, 3.63) is 0 Å². The van der Waals surface area contributed by atoms with Crippen LogP contribution in [0.5, 0.6) is 0 Å². The second kappa shape index (κ2) is 4.85. The lowest BCUT2D eigenvalue weighted by Crippen LogP contribution is -2.30. The van der Waals surface area contributed by atoms with Crippen LogP contribution < -0.4 is 0 Å². The standard InChI is InChI=1S/C8H13FO3/c1-4-12-8(11)6(9)7(10)5(2)3/h5-6H,4H2,1-3H3. The first-order chi connectivity index (χ1) is 5.50. The third-order valence-electron chi connectivity index (χ3n) is 1.31. The second-order valence-electron chi connectivity index (χ2n) is 2.67. The number of Topliss-reactive ketones (excluding diaryl/α,β-unsaturated/α-hetero) is 1. The molecule has 0 aliphatic carbocycles. The minimum atomic E-state index is -2.12. The monoisotopic (exact) mass is 176 g/mol. The van der Waals surface area contributed by atoms with Crippen LogP contribution in [-0.4, -0.2) is 24.5 Å². The highest BCUT2D eigenvalue weighted by atomic mass is 19.1. The predicted molar refractivity (Wildman–Crippen MR) is 41.4 cm³/mol. The van der Waals surface area contributed by atoms with E-state index in [1.54, 1.807) is 6.92 Å². The molecular formula is C8H13FO3. The summed E-state index contributed by atoms with van der Waals surface area (Å²) in [5, 5.41) is 0. The van der Waals surface area contributed by atoms with Gasteiger partial charge in [-0.05, 0) is 6.92 Å². The van der Waals surface area contributed by atoms with E-state index in [1.165, 1.54) is 13.8 Å². The van der Waals surface area contributed by atoms with Crippen molar-refractivity contribution in [1.82, 2.24) is 0 Å². The Bertz CT molecular complexity index is 177. The van der Waals surface area contributed by atoms with Crippen molar-refractivity contribution in [2.24, 2.45) is 5.92 Å². The molecule has 1 unspecified atom stereocenters. The first-order valence-electron chi connectivity index (χ1n) is 3.85. The third-order valence-corrected chi connectivity index (χ3v) is 1.31. The number of hydrogen-bond acceptors (Lipinski definition) is 3. The van der Waals surface area contributed by atoms with E-state index in [-0.39, 0.29) is 6.61 Å². The SMILES string of the molecule is CCOC(=O)C(F)C(=O)C(C)C. The fraction of sp³-hybridized carbons (Fsp3) is 0.750. The normalized spacial score (nSPS) is 12.8. The van der Waals surface area contributed by atoms with E-state index < -0.39 is 23.8 Å². The summed E-state index contributed by atoms with van der Waals surface area (Å²) in [6, 6.07) is 0. The van der Waals surface area contributed by atoms with E-state index in [4.69, 9.17) is 0 Å². The van der Waals surface area contributed by atoms with Crippen LogP contribution in [0.2, 0.25) is 0 Å². The van der Waals surface area contributed by atoms with Gasteiger partial charge in [0, 0.05) is 5.92 Å². The molecule has 0 saturated carbocycles. The maximum absolute atomic E-state index is 12.8. The van der Waals surface area contributed by atoms with Gasteiger partial charge in [-0.1, -0.05) is 13.8 Å². The highest BCUT2D eigenvalue weighted by Crippen LogP contribution is 2.05. The Labute approximate surface area is 70.9 Å². The molecule has 0 aromatic rings. The van der Waals surface area contributed by atoms with Crippen molar-refractivity contribution in [2.75, 3.05) is 6.61 Å². The zero-order valence-electron chi connectivity index (χ0n) is 7.46. The summed E-state index contributed by atoms with van der Waals surface area (Å²) in [6.07, 6.45) is -2.12. The number of rotatable bonds is 4. The largest absolute Gasteiger partial charge is 0.463 e. The van der Waals surface area contributed by atoms with Crippen LogP contribution in [0.25, 0.3) is 0 Å². The van der Waals surface area contributed by atoms with Crippen molar-refractivity contribution < 1.29 is 18.7 Å². The van der Waals surface area contributed by atoms with E-state index in [2.05, 4.69) is 4.74 Å². The van der Waals surface area contributed by atoms with E-state index in [1.807, 2.05) is 0 Å². The van der Waals surface area contributed by atoms with Crippen molar-refractivity contribution in [3.63, 3.8) is 0 Å². The smallest absolute Gasteiger partial charge is 0.348 e. The Hall–Kier alpha value is -0.930. The molecule has 0 aromatic carbocycles. The Morgan fingerprint density at radius 3 is 2.25 bits per heavy atom. The second-order valence-corrected chi connectivity index (χ2v) is 2.67. The summed E-state index contributed by atoms with van der Waals surface area (Å²) in [5.74, 6) is -2.30. The summed E-state index contributed by atoms with van der Waals surface area (Å²) in [4.78, 5) is 21.6. The lowest BCUT2D eigenvalue weighted by atomic mass is 10.1. The van der Waals surface area contributed by atoms with Gasteiger partial charge in [-0.15, -0.1) is 0 Å².